The summed E-state index contributed by atoms with van der Waals surface area (Å²) >= 11 is 0. The maximum Gasteiger partial charge on any atom is 0.305 e. The van der Waals surface area contributed by atoms with Gasteiger partial charge in [-0.3, -0.25) is 9.59 Å². The Morgan fingerprint density at radius 1 is 0.346 bits per heavy atom. The molecule has 0 saturated carbocycles. The number of hydrogen-bond acceptors (Lipinski definition) is 5. The maximum atomic E-state index is 12.5. The minimum atomic E-state index is -0.845. The van der Waals surface area contributed by atoms with Crippen LogP contribution < -0.4 is 5.32 Å². The van der Waals surface area contributed by atoms with Crippen molar-refractivity contribution in [1.29, 1.82) is 0 Å². The molecule has 1 amide bonds. The van der Waals surface area contributed by atoms with Crippen LogP contribution in [0.3, 0.4) is 0 Å². The summed E-state index contributed by atoms with van der Waals surface area (Å²) in [5, 5.41) is 23.3. The van der Waals surface area contributed by atoms with Crippen LogP contribution in [0.15, 0.2) is 24.3 Å². The highest BCUT2D eigenvalue weighted by Crippen LogP contribution is 2.19. The van der Waals surface area contributed by atoms with E-state index in [2.05, 4.69) is 31.3 Å². The molecule has 2 unspecified atom stereocenters. The number of carbonyl (C=O) groups is 2. The molecule has 0 aliphatic carbocycles. The monoisotopic (exact) mass is 1100 g/mol. The molecule has 0 aromatic carbocycles. The Kier molecular flexibility index (Phi) is 66.4. The fourth-order valence-corrected chi connectivity index (χ4v) is 11.3. The number of hydrogen-bond donors (Lipinski definition) is 3. The topological polar surface area (TPSA) is 95.9 Å². The van der Waals surface area contributed by atoms with Crippen LogP contribution in [-0.2, 0) is 14.3 Å². The zero-order valence-electron chi connectivity index (χ0n) is 52.9. The van der Waals surface area contributed by atoms with Crippen molar-refractivity contribution in [2.24, 2.45) is 0 Å². The maximum absolute atomic E-state index is 12.5. The average Bonchev–Trinajstić information content (AvgIpc) is 3.44. The van der Waals surface area contributed by atoms with Gasteiger partial charge in [-0.15, -0.1) is 0 Å². The van der Waals surface area contributed by atoms with Crippen LogP contribution in [-0.4, -0.2) is 47.4 Å². The van der Waals surface area contributed by atoms with Crippen LogP contribution >= 0.6 is 0 Å². The number of allylic oxidation sites excluding steroid dienone is 3. The average molecular weight is 1100 g/mol. The Morgan fingerprint density at radius 2 is 0.603 bits per heavy atom. The van der Waals surface area contributed by atoms with E-state index in [0.717, 1.165) is 44.9 Å². The highest BCUT2D eigenvalue weighted by atomic mass is 16.5. The summed E-state index contributed by atoms with van der Waals surface area (Å²) in [5.74, 6) is -0.0558. The molecule has 0 radical (unpaired) electrons. The highest BCUT2D eigenvalue weighted by molar-refractivity contribution is 5.76. The van der Waals surface area contributed by atoms with Gasteiger partial charge in [0.05, 0.1) is 25.4 Å². The molecule has 0 rings (SSSR count). The van der Waals surface area contributed by atoms with Crippen molar-refractivity contribution in [3.8, 4) is 0 Å². The van der Waals surface area contributed by atoms with Gasteiger partial charge in [0.25, 0.3) is 0 Å². The van der Waals surface area contributed by atoms with Crippen molar-refractivity contribution < 1.29 is 24.5 Å². The molecule has 6 nitrogen and oxygen atoms in total. The van der Waals surface area contributed by atoms with Crippen LogP contribution in [0.4, 0.5) is 0 Å². The summed E-state index contributed by atoms with van der Waals surface area (Å²) in [7, 11) is 0. The second-order valence-corrected chi connectivity index (χ2v) is 24.6. The van der Waals surface area contributed by atoms with E-state index in [1.54, 1.807) is 6.08 Å². The molecular formula is C72H139NO5. The van der Waals surface area contributed by atoms with Gasteiger partial charge in [0.15, 0.2) is 0 Å². The third-order valence-corrected chi connectivity index (χ3v) is 16.7. The Bertz CT molecular complexity index is 1220. The van der Waals surface area contributed by atoms with E-state index in [9.17, 15) is 19.8 Å². The van der Waals surface area contributed by atoms with Crippen LogP contribution in [0.1, 0.15) is 399 Å². The predicted octanol–water partition coefficient (Wildman–Crippen LogP) is 22.9. The summed E-state index contributed by atoms with van der Waals surface area (Å²) in [6.45, 7) is 4.94. The SMILES string of the molecule is CCCCCCCCC/C=C\CCCCCCCC(=O)OCCCCCCCCCCCCCCCCCCCCCCCCCC(=O)NC(CO)C(O)/C=C/CCCCCCCCCCCCCCCCCCCCCC. The van der Waals surface area contributed by atoms with E-state index >= 15 is 0 Å². The fourth-order valence-electron chi connectivity index (χ4n) is 11.3. The highest BCUT2D eigenvalue weighted by Gasteiger charge is 2.18. The van der Waals surface area contributed by atoms with Crippen molar-refractivity contribution in [3.05, 3.63) is 24.3 Å². The molecular weight excluding hydrogens is 959 g/mol. The lowest BCUT2D eigenvalue weighted by atomic mass is 10.0. The summed E-state index contributed by atoms with van der Waals surface area (Å²) in [6, 6.07) is -0.629. The smallest absolute Gasteiger partial charge is 0.305 e. The quantitative estimate of drug-likeness (QED) is 0.0320. The Hall–Kier alpha value is -1.66. The third-order valence-electron chi connectivity index (χ3n) is 16.7. The standard InChI is InChI=1S/C72H139NO5/c1-3-5-7-9-11-13-15-17-19-21-22-23-27-30-33-36-40-44-48-52-56-60-64-70(75)69(68-74)73-71(76)65-61-57-53-49-45-41-37-34-31-28-25-24-26-29-32-35-39-43-47-51-55-59-63-67-78-72(77)66-62-58-54-50-46-42-38-20-18-16-14-12-10-8-6-4-2/h20,38,60,64,69-70,74-75H,3-19,21-37,39-59,61-63,65-68H2,1-2H3,(H,73,76)/b38-20-,64-60+. The molecule has 0 aromatic rings. The summed E-state index contributed by atoms with van der Waals surface area (Å²) < 4.78 is 5.49. The first kappa shape index (κ1) is 76.3. The Balaban J connectivity index is 3.40. The van der Waals surface area contributed by atoms with Crippen molar-refractivity contribution in [3.63, 3.8) is 0 Å². The molecule has 6 heteroatoms. The minimum absolute atomic E-state index is 0.00742. The van der Waals surface area contributed by atoms with Crippen LogP contribution in [0.5, 0.6) is 0 Å². The van der Waals surface area contributed by atoms with Crippen molar-refractivity contribution in [2.45, 2.75) is 411 Å². The Morgan fingerprint density at radius 3 is 0.910 bits per heavy atom. The molecule has 2 atom stereocenters. The zero-order chi connectivity index (χ0) is 56.4. The number of amides is 1. The van der Waals surface area contributed by atoms with Gasteiger partial charge in [0.1, 0.15) is 0 Å². The summed E-state index contributed by atoms with van der Waals surface area (Å²) in [6.07, 6.45) is 85.4. The van der Waals surface area contributed by atoms with Gasteiger partial charge in [-0.1, -0.05) is 353 Å². The molecule has 0 aliphatic rings. The van der Waals surface area contributed by atoms with Crippen molar-refractivity contribution in [2.75, 3.05) is 13.2 Å². The van der Waals surface area contributed by atoms with Gasteiger partial charge in [0.2, 0.25) is 5.91 Å². The molecule has 0 spiro atoms. The number of unbranched alkanes of at least 4 members (excludes halogenated alkanes) is 54. The van der Waals surface area contributed by atoms with Gasteiger partial charge in [-0.2, -0.15) is 0 Å². The Labute approximate surface area is 488 Å². The number of esters is 1. The van der Waals surface area contributed by atoms with E-state index < -0.39 is 12.1 Å². The number of aliphatic hydroxyl groups is 2. The molecule has 0 saturated heterocycles. The molecule has 0 heterocycles. The fraction of sp³-hybridized carbons (Fsp3) is 0.917. The number of carbonyl (C=O) groups excluding carboxylic acids is 2. The van der Waals surface area contributed by atoms with Gasteiger partial charge >= 0.3 is 5.97 Å². The van der Waals surface area contributed by atoms with E-state index in [-0.39, 0.29) is 18.5 Å². The van der Waals surface area contributed by atoms with Crippen molar-refractivity contribution >= 4 is 11.9 Å². The van der Waals surface area contributed by atoms with Crippen LogP contribution in [0.25, 0.3) is 0 Å². The molecule has 0 fully saturated rings. The van der Waals surface area contributed by atoms with Gasteiger partial charge in [0, 0.05) is 12.8 Å². The molecule has 78 heavy (non-hydrogen) atoms. The van der Waals surface area contributed by atoms with Gasteiger partial charge in [-0.25, -0.2) is 0 Å². The minimum Gasteiger partial charge on any atom is -0.466 e. The zero-order valence-corrected chi connectivity index (χ0v) is 52.9. The van der Waals surface area contributed by atoms with E-state index in [1.165, 1.54) is 327 Å². The van der Waals surface area contributed by atoms with Crippen LogP contribution in [0.2, 0.25) is 0 Å². The number of ether oxygens (including phenoxy) is 1. The third kappa shape index (κ3) is 63.5. The van der Waals surface area contributed by atoms with Crippen LogP contribution in [0, 0.1) is 0 Å². The number of rotatable bonds is 67. The predicted molar refractivity (Wildman–Crippen MR) is 343 cm³/mol. The van der Waals surface area contributed by atoms with E-state index in [1.807, 2.05) is 6.08 Å². The summed E-state index contributed by atoms with van der Waals surface area (Å²) in [5.41, 5.74) is 0. The normalized spacial score (nSPS) is 12.6. The molecule has 462 valence electrons. The molecule has 0 bridgehead atoms. The van der Waals surface area contributed by atoms with Gasteiger partial charge in [-0.05, 0) is 57.8 Å². The molecule has 0 aliphatic heterocycles. The lowest BCUT2D eigenvalue weighted by Gasteiger charge is -2.20. The first-order valence-corrected chi connectivity index (χ1v) is 35.6. The van der Waals surface area contributed by atoms with E-state index in [0.29, 0.717) is 19.4 Å². The lowest BCUT2D eigenvalue weighted by molar-refractivity contribution is -0.143. The largest absolute Gasteiger partial charge is 0.466 e. The number of nitrogens with one attached hydrogen (secondary N) is 1. The molecule has 3 N–H and O–H groups in total. The van der Waals surface area contributed by atoms with Crippen molar-refractivity contribution in [1.82, 2.24) is 5.32 Å². The number of aliphatic hydroxyl groups excluding tert-OH is 2. The first-order valence-electron chi connectivity index (χ1n) is 35.6. The van der Waals surface area contributed by atoms with Gasteiger partial charge < -0.3 is 20.3 Å². The second kappa shape index (κ2) is 67.8. The second-order valence-electron chi connectivity index (χ2n) is 24.6. The summed E-state index contributed by atoms with van der Waals surface area (Å²) in [4.78, 5) is 24.6. The lowest BCUT2D eigenvalue weighted by Crippen LogP contribution is -2.45. The van der Waals surface area contributed by atoms with E-state index in [4.69, 9.17) is 4.74 Å². The first-order chi connectivity index (χ1) is 38.5. The molecule has 0 aromatic heterocycles.